The maximum absolute atomic E-state index is 14.7. The van der Waals surface area contributed by atoms with Gasteiger partial charge in [-0.05, 0) is 49.7 Å². The Kier molecular flexibility index (Phi) is 5.86. The number of hydrogen-bond acceptors (Lipinski definition) is 4. The maximum atomic E-state index is 14.7. The van der Waals surface area contributed by atoms with E-state index in [0.29, 0.717) is 40.9 Å². The van der Waals surface area contributed by atoms with E-state index >= 15 is 0 Å². The van der Waals surface area contributed by atoms with Crippen molar-refractivity contribution in [3.8, 4) is 0 Å². The molecular weight excluding hydrogens is 409 g/mol. The highest BCUT2D eigenvalue weighted by Crippen LogP contribution is 2.25. The molecule has 1 aliphatic rings. The molecule has 4 rings (SSSR count). The van der Waals surface area contributed by atoms with E-state index in [1.807, 2.05) is 18.7 Å². The van der Waals surface area contributed by atoms with Crippen LogP contribution in [0.25, 0.3) is 11.0 Å². The van der Waals surface area contributed by atoms with E-state index in [1.165, 1.54) is 24.3 Å². The Labute approximate surface area is 177 Å². The lowest BCUT2D eigenvalue weighted by atomic mass is 10.1. The number of fused-ring (bicyclic) bond motifs is 1. The minimum absolute atomic E-state index is 0.0195. The molecule has 2 heterocycles. The number of carbonyl (C=O) groups excluding carboxylic acids is 1. The first-order valence-corrected chi connectivity index (χ1v) is 10.0. The fourth-order valence-corrected chi connectivity index (χ4v) is 3.85. The molecular formula is C22H23F3N4O2. The van der Waals surface area contributed by atoms with Crippen molar-refractivity contribution in [2.75, 3.05) is 18.0 Å². The number of carbonyl (C=O) groups is 1. The number of nitrogens with zero attached hydrogens (tertiary/aromatic N) is 2. The third-order valence-corrected chi connectivity index (χ3v) is 5.19. The van der Waals surface area contributed by atoms with Crippen LogP contribution in [0.5, 0.6) is 0 Å². The number of ether oxygens (including phenoxy) is 1. The van der Waals surface area contributed by atoms with E-state index < -0.39 is 18.2 Å². The van der Waals surface area contributed by atoms with Gasteiger partial charge in [0.1, 0.15) is 5.82 Å². The topological polar surface area (TPSA) is 70.2 Å². The third kappa shape index (κ3) is 4.66. The number of imidazole rings is 1. The number of anilines is 1. The lowest BCUT2D eigenvalue weighted by Crippen LogP contribution is -2.45. The average molecular weight is 432 g/mol. The van der Waals surface area contributed by atoms with Gasteiger partial charge in [-0.3, -0.25) is 4.79 Å². The van der Waals surface area contributed by atoms with Crippen molar-refractivity contribution in [2.24, 2.45) is 0 Å². The second-order valence-corrected chi connectivity index (χ2v) is 7.79. The fourth-order valence-electron chi connectivity index (χ4n) is 3.85. The van der Waals surface area contributed by atoms with Gasteiger partial charge in [-0.1, -0.05) is 6.07 Å². The van der Waals surface area contributed by atoms with Gasteiger partial charge in [0.25, 0.3) is 12.3 Å². The second-order valence-electron chi connectivity index (χ2n) is 7.79. The van der Waals surface area contributed by atoms with E-state index in [-0.39, 0.29) is 24.6 Å². The Bertz CT molecular complexity index is 1090. The Morgan fingerprint density at radius 1 is 1.23 bits per heavy atom. The molecule has 1 saturated heterocycles. The van der Waals surface area contributed by atoms with E-state index in [9.17, 15) is 18.0 Å². The summed E-state index contributed by atoms with van der Waals surface area (Å²) in [7, 11) is 0. The number of alkyl halides is 2. The number of benzene rings is 2. The van der Waals surface area contributed by atoms with Crippen LogP contribution in [0, 0.1) is 5.82 Å². The summed E-state index contributed by atoms with van der Waals surface area (Å²) in [5.74, 6) is -1.19. The zero-order valence-corrected chi connectivity index (χ0v) is 17.2. The van der Waals surface area contributed by atoms with Crippen molar-refractivity contribution in [1.29, 1.82) is 0 Å². The number of rotatable bonds is 5. The van der Waals surface area contributed by atoms with E-state index in [4.69, 9.17) is 4.74 Å². The molecule has 2 atom stereocenters. The summed E-state index contributed by atoms with van der Waals surface area (Å²) in [4.78, 5) is 20.7. The Morgan fingerprint density at radius 2 is 1.97 bits per heavy atom. The summed E-state index contributed by atoms with van der Waals surface area (Å²) in [5.41, 5.74) is 2.14. The summed E-state index contributed by atoms with van der Waals surface area (Å²) in [6, 6.07) is 9.38. The third-order valence-electron chi connectivity index (χ3n) is 5.19. The molecule has 0 aliphatic carbocycles. The fraction of sp³-hybridized carbons (Fsp3) is 0.364. The lowest BCUT2D eigenvalue weighted by Gasteiger charge is -2.37. The number of nitrogens with one attached hydrogen (secondary N) is 2. The summed E-state index contributed by atoms with van der Waals surface area (Å²) >= 11 is 0. The summed E-state index contributed by atoms with van der Waals surface area (Å²) < 4.78 is 46.0. The van der Waals surface area contributed by atoms with Crippen molar-refractivity contribution >= 4 is 22.6 Å². The van der Waals surface area contributed by atoms with Gasteiger partial charge in [0, 0.05) is 25.2 Å². The summed E-state index contributed by atoms with van der Waals surface area (Å²) in [6.45, 7) is 5.27. The molecule has 2 aromatic carbocycles. The van der Waals surface area contributed by atoms with Crippen LogP contribution in [0.4, 0.5) is 18.9 Å². The van der Waals surface area contributed by atoms with Gasteiger partial charge in [0.05, 0.1) is 28.9 Å². The molecule has 1 fully saturated rings. The van der Waals surface area contributed by atoms with Crippen LogP contribution < -0.4 is 10.2 Å². The number of hydrogen-bond donors (Lipinski definition) is 2. The van der Waals surface area contributed by atoms with Gasteiger partial charge >= 0.3 is 0 Å². The minimum Gasteiger partial charge on any atom is -0.372 e. The van der Waals surface area contributed by atoms with Gasteiger partial charge in [-0.2, -0.15) is 0 Å². The SMILES string of the molecule is CC1CN(c2ccc(CNC(=O)c3ccc4nc(C(F)F)[nH]c4c3)cc2F)CC(C)O1. The molecule has 0 bridgehead atoms. The number of aromatic amines is 1. The van der Waals surface area contributed by atoms with Crippen LogP contribution in [0.15, 0.2) is 36.4 Å². The molecule has 0 spiro atoms. The molecule has 31 heavy (non-hydrogen) atoms. The van der Waals surface area contributed by atoms with Gasteiger partial charge in [0.15, 0.2) is 5.82 Å². The number of halogens is 3. The molecule has 0 saturated carbocycles. The van der Waals surface area contributed by atoms with Gasteiger partial charge < -0.3 is 19.9 Å². The quantitative estimate of drug-likeness (QED) is 0.635. The van der Waals surface area contributed by atoms with Crippen LogP contribution in [-0.4, -0.2) is 41.2 Å². The van der Waals surface area contributed by atoms with E-state index in [1.54, 1.807) is 12.1 Å². The molecule has 2 N–H and O–H groups in total. The molecule has 164 valence electrons. The summed E-state index contributed by atoms with van der Waals surface area (Å²) in [5, 5.41) is 2.73. The maximum Gasteiger partial charge on any atom is 0.295 e. The number of aromatic nitrogens is 2. The van der Waals surface area contributed by atoms with Crippen LogP contribution in [0.3, 0.4) is 0 Å². The van der Waals surface area contributed by atoms with Crippen LogP contribution >= 0.6 is 0 Å². The molecule has 0 radical (unpaired) electrons. The van der Waals surface area contributed by atoms with Crippen molar-refractivity contribution in [3.63, 3.8) is 0 Å². The van der Waals surface area contributed by atoms with Gasteiger partial charge in [-0.15, -0.1) is 0 Å². The first-order chi connectivity index (χ1) is 14.8. The highest BCUT2D eigenvalue weighted by Gasteiger charge is 2.24. The monoisotopic (exact) mass is 432 g/mol. The van der Waals surface area contributed by atoms with Crippen molar-refractivity contribution in [3.05, 3.63) is 59.2 Å². The van der Waals surface area contributed by atoms with Crippen molar-refractivity contribution in [1.82, 2.24) is 15.3 Å². The molecule has 9 heteroatoms. The number of morpholine rings is 1. The van der Waals surface area contributed by atoms with E-state index in [2.05, 4.69) is 15.3 Å². The van der Waals surface area contributed by atoms with Gasteiger partial charge in [-0.25, -0.2) is 18.2 Å². The normalized spacial score (nSPS) is 19.2. The second kappa shape index (κ2) is 8.58. The Balaban J connectivity index is 1.42. The Morgan fingerprint density at radius 3 is 2.65 bits per heavy atom. The first kappa shape index (κ1) is 21.2. The average Bonchev–Trinajstić information content (AvgIpc) is 3.15. The molecule has 3 aromatic rings. The van der Waals surface area contributed by atoms with Crippen molar-refractivity contribution < 1.29 is 22.7 Å². The largest absolute Gasteiger partial charge is 0.372 e. The standard InChI is InChI=1S/C22H23F3N4O2/c1-12-10-29(11-13(2)31-12)19-6-3-14(7-16(19)23)9-26-22(30)15-4-5-17-18(8-15)28-21(27-17)20(24)25/h3-8,12-13,20H,9-11H2,1-2H3,(H,26,30)(H,27,28). The molecule has 1 aromatic heterocycles. The zero-order valence-electron chi connectivity index (χ0n) is 17.2. The number of H-pyrrole nitrogens is 1. The smallest absolute Gasteiger partial charge is 0.295 e. The highest BCUT2D eigenvalue weighted by atomic mass is 19.3. The molecule has 6 nitrogen and oxygen atoms in total. The lowest BCUT2D eigenvalue weighted by molar-refractivity contribution is -0.00539. The van der Waals surface area contributed by atoms with Crippen LogP contribution in [0.1, 0.15) is 42.0 Å². The van der Waals surface area contributed by atoms with Crippen LogP contribution in [-0.2, 0) is 11.3 Å². The first-order valence-electron chi connectivity index (χ1n) is 10.0. The van der Waals surface area contributed by atoms with Crippen LogP contribution in [0.2, 0.25) is 0 Å². The van der Waals surface area contributed by atoms with Crippen molar-refractivity contribution in [2.45, 2.75) is 39.0 Å². The highest BCUT2D eigenvalue weighted by molar-refractivity contribution is 5.97. The molecule has 1 amide bonds. The predicted octanol–water partition coefficient (Wildman–Crippen LogP) is 4.18. The molecule has 1 aliphatic heterocycles. The number of amides is 1. The molecule has 2 unspecified atom stereocenters. The van der Waals surface area contributed by atoms with E-state index in [0.717, 1.165) is 0 Å². The summed E-state index contributed by atoms with van der Waals surface area (Å²) in [6.07, 6.45) is -2.68. The van der Waals surface area contributed by atoms with Gasteiger partial charge in [0.2, 0.25) is 0 Å². The predicted molar refractivity (Wildman–Crippen MR) is 111 cm³/mol. The zero-order chi connectivity index (χ0) is 22.1. The Hall–Kier alpha value is -3.07. The minimum atomic E-state index is -2.72.